The third kappa shape index (κ3) is 2.19. The number of halogens is 1. The highest BCUT2D eigenvalue weighted by Gasteiger charge is 2.40. The summed E-state index contributed by atoms with van der Waals surface area (Å²) in [5.41, 5.74) is 7.50. The summed E-state index contributed by atoms with van der Waals surface area (Å²) in [7, 11) is 0. The molecule has 2 aliphatic carbocycles. The van der Waals surface area contributed by atoms with Crippen molar-refractivity contribution in [2.45, 2.75) is 37.5 Å². The summed E-state index contributed by atoms with van der Waals surface area (Å²) >= 11 is 3.63. The van der Waals surface area contributed by atoms with Gasteiger partial charge in [0.1, 0.15) is 5.75 Å². The lowest BCUT2D eigenvalue weighted by molar-refractivity contribution is 0.231. The summed E-state index contributed by atoms with van der Waals surface area (Å²) < 4.78 is 7.14. The third-order valence-corrected chi connectivity index (χ3v) is 5.02. The first-order chi connectivity index (χ1) is 8.75. The average Bonchev–Trinajstić information content (AvgIpc) is 3.11. The zero-order valence-electron chi connectivity index (χ0n) is 10.6. The molecular formula is C15H20BrNO. The molecule has 2 aliphatic rings. The monoisotopic (exact) mass is 309 g/mol. The summed E-state index contributed by atoms with van der Waals surface area (Å²) in [5.74, 6) is 1.81. The molecule has 2 nitrogen and oxygen atoms in total. The molecule has 2 N–H and O–H groups in total. The van der Waals surface area contributed by atoms with Gasteiger partial charge in [0.2, 0.25) is 0 Å². The van der Waals surface area contributed by atoms with Gasteiger partial charge < -0.3 is 10.5 Å². The average molecular weight is 310 g/mol. The van der Waals surface area contributed by atoms with Crippen molar-refractivity contribution < 1.29 is 4.74 Å². The molecule has 0 unspecified atom stereocenters. The van der Waals surface area contributed by atoms with Gasteiger partial charge in [-0.1, -0.05) is 18.6 Å². The lowest BCUT2D eigenvalue weighted by Crippen LogP contribution is -2.41. The minimum absolute atomic E-state index is 0.169. The summed E-state index contributed by atoms with van der Waals surface area (Å²) in [6.45, 7) is 1.58. The standard InChI is InChI=1S/C15H20BrNO/c16-13-4-1-3-12(15(10-17)7-2-8-15)14(13)18-9-11-5-6-11/h1,3-4,11H,2,5-10,17H2. The van der Waals surface area contributed by atoms with Crippen LogP contribution in [0, 0.1) is 5.92 Å². The Morgan fingerprint density at radius 3 is 2.67 bits per heavy atom. The van der Waals surface area contributed by atoms with Crippen LogP contribution >= 0.6 is 15.9 Å². The zero-order chi connectivity index (χ0) is 12.6. The maximum absolute atomic E-state index is 6.07. The van der Waals surface area contributed by atoms with Crippen LogP contribution in [0.4, 0.5) is 0 Å². The van der Waals surface area contributed by atoms with Gasteiger partial charge in [0, 0.05) is 17.5 Å². The number of hydrogen-bond acceptors (Lipinski definition) is 2. The fraction of sp³-hybridized carbons (Fsp3) is 0.600. The normalized spacial score (nSPS) is 21.4. The van der Waals surface area contributed by atoms with Crippen molar-refractivity contribution in [2.24, 2.45) is 11.7 Å². The number of benzene rings is 1. The van der Waals surface area contributed by atoms with Gasteiger partial charge in [0.25, 0.3) is 0 Å². The Morgan fingerprint density at radius 2 is 2.11 bits per heavy atom. The molecule has 0 spiro atoms. The van der Waals surface area contributed by atoms with Crippen molar-refractivity contribution in [1.29, 1.82) is 0 Å². The van der Waals surface area contributed by atoms with Crippen molar-refractivity contribution in [3.63, 3.8) is 0 Å². The topological polar surface area (TPSA) is 35.2 Å². The Bertz CT molecular complexity index is 433. The molecule has 0 saturated heterocycles. The minimum atomic E-state index is 0.169. The van der Waals surface area contributed by atoms with E-state index in [9.17, 15) is 0 Å². The van der Waals surface area contributed by atoms with Gasteiger partial charge in [-0.05, 0) is 53.6 Å². The van der Waals surface area contributed by atoms with Gasteiger partial charge in [0.05, 0.1) is 11.1 Å². The molecule has 0 aromatic heterocycles. The molecule has 0 heterocycles. The molecule has 1 aromatic rings. The number of rotatable bonds is 5. The second kappa shape index (κ2) is 4.86. The maximum atomic E-state index is 6.07. The predicted octanol–water partition coefficient (Wildman–Crippen LogP) is 3.62. The lowest BCUT2D eigenvalue weighted by atomic mass is 9.64. The second-order valence-electron chi connectivity index (χ2n) is 5.71. The molecule has 3 rings (SSSR count). The van der Waals surface area contributed by atoms with Gasteiger partial charge in [-0.25, -0.2) is 0 Å². The first kappa shape index (κ1) is 12.5. The van der Waals surface area contributed by atoms with Gasteiger partial charge in [-0.15, -0.1) is 0 Å². The van der Waals surface area contributed by atoms with Gasteiger partial charge in [0.15, 0.2) is 0 Å². The Balaban J connectivity index is 1.89. The van der Waals surface area contributed by atoms with Crippen LogP contribution in [-0.4, -0.2) is 13.2 Å². The smallest absolute Gasteiger partial charge is 0.137 e. The molecule has 2 saturated carbocycles. The van der Waals surface area contributed by atoms with E-state index in [1.807, 2.05) is 0 Å². The van der Waals surface area contributed by atoms with Crippen LogP contribution in [0.5, 0.6) is 5.75 Å². The molecule has 1 aromatic carbocycles. The molecule has 18 heavy (non-hydrogen) atoms. The van der Waals surface area contributed by atoms with E-state index in [1.54, 1.807) is 0 Å². The van der Waals surface area contributed by atoms with Crippen molar-refractivity contribution in [2.75, 3.05) is 13.2 Å². The molecule has 0 aliphatic heterocycles. The largest absolute Gasteiger partial charge is 0.492 e. The van der Waals surface area contributed by atoms with E-state index >= 15 is 0 Å². The molecule has 0 radical (unpaired) electrons. The highest BCUT2D eigenvalue weighted by molar-refractivity contribution is 9.10. The molecule has 98 valence electrons. The first-order valence-electron chi connectivity index (χ1n) is 6.87. The molecule has 0 bridgehead atoms. The van der Waals surface area contributed by atoms with E-state index in [0.717, 1.165) is 29.3 Å². The van der Waals surface area contributed by atoms with E-state index in [-0.39, 0.29) is 5.41 Å². The third-order valence-electron chi connectivity index (χ3n) is 4.40. The Labute approximate surface area is 117 Å². The minimum Gasteiger partial charge on any atom is -0.492 e. The van der Waals surface area contributed by atoms with Crippen molar-refractivity contribution in [1.82, 2.24) is 0 Å². The van der Waals surface area contributed by atoms with Crippen molar-refractivity contribution in [3.8, 4) is 5.75 Å². The van der Waals surface area contributed by atoms with E-state index in [2.05, 4.69) is 34.1 Å². The summed E-state index contributed by atoms with van der Waals surface area (Å²) in [6.07, 6.45) is 6.31. The molecular weight excluding hydrogens is 290 g/mol. The number of nitrogens with two attached hydrogens (primary N) is 1. The summed E-state index contributed by atoms with van der Waals surface area (Å²) in [4.78, 5) is 0. The molecule has 3 heteroatoms. The SMILES string of the molecule is NCC1(c2cccc(Br)c2OCC2CC2)CCC1. The van der Waals surface area contributed by atoms with E-state index in [1.165, 1.54) is 37.7 Å². The first-order valence-corrected chi connectivity index (χ1v) is 7.66. The predicted molar refractivity (Wildman–Crippen MR) is 76.9 cm³/mol. The fourth-order valence-electron chi connectivity index (χ4n) is 2.75. The van der Waals surface area contributed by atoms with Crippen molar-refractivity contribution in [3.05, 3.63) is 28.2 Å². The lowest BCUT2D eigenvalue weighted by Gasteiger charge is -2.42. The van der Waals surface area contributed by atoms with Crippen LogP contribution in [0.2, 0.25) is 0 Å². The van der Waals surface area contributed by atoms with Gasteiger partial charge in [-0.3, -0.25) is 0 Å². The fourth-order valence-corrected chi connectivity index (χ4v) is 3.23. The van der Waals surface area contributed by atoms with E-state index < -0.39 is 0 Å². The Kier molecular flexibility index (Phi) is 3.37. The second-order valence-corrected chi connectivity index (χ2v) is 6.56. The van der Waals surface area contributed by atoms with Crippen LogP contribution in [0.3, 0.4) is 0 Å². The van der Waals surface area contributed by atoms with E-state index in [0.29, 0.717) is 0 Å². The van der Waals surface area contributed by atoms with Crippen molar-refractivity contribution >= 4 is 15.9 Å². The van der Waals surface area contributed by atoms with Crippen LogP contribution in [-0.2, 0) is 5.41 Å². The Morgan fingerprint density at radius 1 is 1.33 bits per heavy atom. The summed E-state index contributed by atoms with van der Waals surface area (Å²) in [5, 5.41) is 0. The number of para-hydroxylation sites is 1. The summed E-state index contributed by atoms with van der Waals surface area (Å²) in [6, 6.07) is 6.35. The van der Waals surface area contributed by atoms with Crippen LogP contribution < -0.4 is 10.5 Å². The quantitative estimate of drug-likeness (QED) is 0.901. The molecule has 0 amide bonds. The van der Waals surface area contributed by atoms with Gasteiger partial charge >= 0.3 is 0 Å². The highest BCUT2D eigenvalue weighted by atomic mass is 79.9. The van der Waals surface area contributed by atoms with Gasteiger partial charge in [-0.2, -0.15) is 0 Å². The highest BCUT2D eigenvalue weighted by Crippen LogP contribution is 2.48. The maximum Gasteiger partial charge on any atom is 0.137 e. The van der Waals surface area contributed by atoms with Crippen LogP contribution in [0.1, 0.15) is 37.7 Å². The number of hydrogen-bond donors (Lipinski definition) is 1. The molecule has 0 atom stereocenters. The zero-order valence-corrected chi connectivity index (χ0v) is 12.2. The number of ether oxygens (including phenoxy) is 1. The Hall–Kier alpha value is -0.540. The van der Waals surface area contributed by atoms with Crippen LogP contribution in [0.25, 0.3) is 0 Å². The van der Waals surface area contributed by atoms with E-state index in [4.69, 9.17) is 10.5 Å². The molecule has 2 fully saturated rings. The van der Waals surface area contributed by atoms with Crippen LogP contribution in [0.15, 0.2) is 22.7 Å².